The van der Waals surface area contributed by atoms with Crippen LogP contribution in [0.15, 0.2) is 36.4 Å². The Morgan fingerprint density at radius 2 is 1.25 bits per heavy atom. The summed E-state index contributed by atoms with van der Waals surface area (Å²) in [6, 6.07) is 10.1. The van der Waals surface area contributed by atoms with Crippen molar-refractivity contribution in [1.29, 1.82) is 0 Å². The Balaban J connectivity index is 1.87. The Bertz CT molecular complexity index is 705. The van der Waals surface area contributed by atoms with Gasteiger partial charge in [-0.1, -0.05) is 12.1 Å². The number of hydrogen-bond donors (Lipinski definition) is 2. The molecule has 24 heavy (non-hydrogen) atoms. The molecule has 3 rings (SSSR count). The average Bonchev–Trinajstić information content (AvgIpc) is 2.97. The molecule has 2 aromatic carbocycles. The van der Waals surface area contributed by atoms with Crippen LogP contribution in [-0.2, 0) is 4.79 Å². The smallest absolute Gasteiger partial charge is 0.160 e. The van der Waals surface area contributed by atoms with E-state index in [2.05, 4.69) is 0 Å². The number of hydrogen-bond acceptors (Lipinski definition) is 5. The van der Waals surface area contributed by atoms with Gasteiger partial charge in [0.05, 0.1) is 14.2 Å². The van der Waals surface area contributed by atoms with Gasteiger partial charge in [0.1, 0.15) is 5.78 Å². The lowest BCUT2D eigenvalue weighted by atomic mass is 9.91. The fourth-order valence-electron chi connectivity index (χ4n) is 3.34. The van der Waals surface area contributed by atoms with Crippen LogP contribution >= 0.6 is 0 Å². The molecular weight excluding hydrogens is 308 g/mol. The summed E-state index contributed by atoms with van der Waals surface area (Å²) in [5, 5.41) is 19.4. The molecule has 2 unspecified atom stereocenters. The number of rotatable bonds is 4. The molecule has 1 saturated carbocycles. The highest BCUT2D eigenvalue weighted by molar-refractivity contribution is 5.94. The number of benzene rings is 2. The highest BCUT2D eigenvalue weighted by atomic mass is 16.5. The van der Waals surface area contributed by atoms with Gasteiger partial charge in [-0.05, 0) is 48.2 Å². The summed E-state index contributed by atoms with van der Waals surface area (Å²) < 4.78 is 10.3. The Hall–Kier alpha value is -2.69. The van der Waals surface area contributed by atoms with Crippen molar-refractivity contribution in [3.63, 3.8) is 0 Å². The molecule has 5 heteroatoms. The first-order chi connectivity index (χ1) is 11.5. The molecule has 1 aliphatic rings. The Morgan fingerprint density at radius 3 is 1.62 bits per heavy atom. The van der Waals surface area contributed by atoms with Crippen molar-refractivity contribution in [2.45, 2.75) is 24.7 Å². The number of methoxy groups -OCH3 is 2. The topological polar surface area (TPSA) is 76.0 Å². The van der Waals surface area contributed by atoms with Gasteiger partial charge >= 0.3 is 0 Å². The van der Waals surface area contributed by atoms with Crippen LogP contribution in [0.4, 0.5) is 0 Å². The van der Waals surface area contributed by atoms with E-state index in [0.717, 1.165) is 24.0 Å². The molecule has 0 aliphatic heterocycles. The van der Waals surface area contributed by atoms with Gasteiger partial charge in [-0.2, -0.15) is 0 Å². The number of carbonyl (C=O) groups is 1. The molecule has 0 spiro atoms. The molecule has 2 atom stereocenters. The number of phenols is 2. The number of ketones is 1. The molecule has 0 heterocycles. The molecule has 0 aromatic heterocycles. The summed E-state index contributed by atoms with van der Waals surface area (Å²) in [6.45, 7) is 0. The van der Waals surface area contributed by atoms with Crippen molar-refractivity contribution >= 4 is 5.78 Å². The summed E-state index contributed by atoms with van der Waals surface area (Å²) >= 11 is 0. The molecular formula is C19H20O5. The van der Waals surface area contributed by atoms with Crippen LogP contribution in [0.25, 0.3) is 0 Å². The van der Waals surface area contributed by atoms with Gasteiger partial charge in [0.15, 0.2) is 23.0 Å². The first-order valence-electron chi connectivity index (χ1n) is 7.82. The normalized spacial score (nSPS) is 20.2. The van der Waals surface area contributed by atoms with E-state index in [-0.39, 0.29) is 29.1 Å². The Morgan fingerprint density at radius 1 is 0.833 bits per heavy atom. The second-order valence-corrected chi connectivity index (χ2v) is 5.95. The second kappa shape index (κ2) is 6.43. The molecule has 0 radical (unpaired) electrons. The number of ether oxygens (including phenoxy) is 2. The van der Waals surface area contributed by atoms with E-state index in [9.17, 15) is 15.0 Å². The molecule has 2 aromatic rings. The minimum absolute atomic E-state index is 0.0616. The standard InChI is InChI=1S/C19H20O5/c1-23-17-9-11(3-7-15(17)20)13-5-6-14(19(13)22)12-4-8-16(21)18(10-12)24-2/h3-4,7-10,13-14,20-21H,5-6H2,1-2H3. The van der Waals surface area contributed by atoms with Gasteiger partial charge in [-0.25, -0.2) is 0 Å². The van der Waals surface area contributed by atoms with Crippen LogP contribution in [0.1, 0.15) is 35.8 Å². The van der Waals surface area contributed by atoms with E-state index in [4.69, 9.17) is 9.47 Å². The van der Waals surface area contributed by atoms with Crippen molar-refractivity contribution in [2.75, 3.05) is 14.2 Å². The SMILES string of the molecule is COc1cc(C2CCC(c3ccc(O)c(OC)c3)C2=O)ccc1O. The second-order valence-electron chi connectivity index (χ2n) is 5.95. The molecule has 0 bridgehead atoms. The molecule has 0 amide bonds. The first kappa shape index (κ1) is 16.2. The molecule has 1 aliphatic carbocycles. The zero-order valence-corrected chi connectivity index (χ0v) is 13.7. The van der Waals surface area contributed by atoms with Gasteiger partial charge in [0.2, 0.25) is 0 Å². The molecule has 126 valence electrons. The molecule has 5 nitrogen and oxygen atoms in total. The molecule has 1 fully saturated rings. The summed E-state index contributed by atoms with van der Waals surface area (Å²) in [5.74, 6) is 0.562. The zero-order valence-electron chi connectivity index (χ0n) is 13.7. The minimum Gasteiger partial charge on any atom is -0.504 e. The van der Waals surface area contributed by atoms with Gasteiger partial charge in [-0.15, -0.1) is 0 Å². The third kappa shape index (κ3) is 2.77. The van der Waals surface area contributed by atoms with Gasteiger partial charge in [0.25, 0.3) is 0 Å². The van der Waals surface area contributed by atoms with Gasteiger partial charge < -0.3 is 19.7 Å². The van der Waals surface area contributed by atoms with Gasteiger partial charge in [-0.3, -0.25) is 4.79 Å². The Kier molecular flexibility index (Phi) is 4.34. The maximum Gasteiger partial charge on any atom is 0.160 e. The predicted octanol–water partition coefficient (Wildman–Crippen LogP) is 3.35. The van der Waals surface area contributed by atoms with E-state index in [1.54, 1.807) is 36.4 Å². The van der Waals surface area contributed by atoms with E-state index in [1.165, 1.54) is 14.2 Å². The Labute approximate surface area is 140 Å². The van der Waals surface area contributed by atoms with E-state index in [1.807, 2.05) is 0 Å². The van der Waals surface area contributed by atoms with Crippen molar-refractivity contribution in [3.8, 4) is 23.0 Å². The third-order valence-electron chi connectivity index (χ3n) is 4.64. The molecule has 0 saturated heterocycles. The van der Waals surface area contributed by atoms with Gasteiger partial charge in [0, 0.05) is 11.8 Å². The van der Waals surface area contributed by atoms with Crippen LogP contribution < -0.4 is 9.47 Å². The largest absolute Gasteiger partial charge is 0.504 e. The molecule has 2 N–H and O–H groups in total. The summed E-state index contributed by atoms with van der Waals surface area (Å²) in [7, 11) is 2.97. The minimum atomic E-state index is -0.218. The predicted molar refractivity (Wildman–Crippen MR) is 89.0 cm³/mol. The van der Waals surface area contributed by atoms with E-state index in [0.29, 0.717) is 11.5 Å². The summed E-state index contributed by atoms with van der Waals surface area (Å²) in [4.78, 5) is 12.9. The van der Waals surface area contributed by atoms with Crippen molar-refractivity contribution < 1.29 is 24.5 Å². The fourth-order valence-corrected chi connectivity index (χ4v) is 3.34. The van der Waals surface area contributed by atoms with Crippen molar-refractivity contribution in [3.05, 3.63) is 47.5 Å². The van der Waals surface area contributed by atoms with Crippen LogP contribution in [-0.4, -0.2) is 30.2 Å². The lowest BCUT2D eigenvalue weighted by Crippen LogP contribution is -2.11. The van der Waals surface area contributed by atoms with Crippen LogP contribution in [0.2, 0.25) is 0 Å². The summed E-state index contributed by atoms with van der Waals surface area (Å²) in [6.07, 6.45) is 1.47. The number of carbonyl (C=O) groups excluding carboxylic acids is 1. The van der Waals surface area contributed by atoms with E-state index < -0.39 is 0 Å². The highest BCUT2D eigenvalue weighted by Gasteiger charge is 2.36. The fraction of sp³-hybridized carbons (Fsp3) is 0.316. The number of phenolic OH excluding ortho intramolecular Hbond substituents is 2. The lowest BCUT2D eigenvalue weighted by Gasteiger charge is -2.14. The highest BCUT2D eigenvalue weighted by Crippen LogP contribution is 2.43. The maximum absolute atomic E-state index is 12.9. The van der Waals surface area contributed by atoms with Crippen LogP contribution in [0.3, 0.4) is 0 Å². The third-order valence-corrected chi connectivity index (χ3v) is 4.64. The number of aromatic hydroxyl groups is 2. The van der Waals surface area contributed by atoms with Crippen LogP contribution in [0, 0.1) is 0 Å². The first-order valence-corrected chi connectivity index (χ1v) is 7.82. The van der Waals surface area contributed by atoms with Crippen LogP contribution in [0.5, 0.6) is 23.0 Å². The van der Waals surface area contributed by atoms with Crippen molar-refractivity contribution in [1.82, 2.24) is 0 Å². The maximum atomic E-state index is 12.9. The zero-order chi connectivity index (χ0) is 17.3. The van der Waals surface area contributed by atoms with Crippen molar-refractivity contribution in [2.24, 2.45) is 0 Å². The monoisotopic (exact) mass is 328 g/mol. The average molecular weight is 328 g/mol. The van der Waals surface area contributed by atoms with E-state index >= 15 is 0 Å². The quantitative estimate of drug-likeness (QED) is 0.900. The number of Topliss-reactive ketones (excluding diaryl/α,β-unsaturated/α-hetero) is 1. The summed E-state index contributed by atoms with van der Waals surface area (Å²) in [5.41, 5.74) is 1.70. The lowest BCUT2D eigenvalue weighted by molar-refractivity contribution is -0.119.